The lowest BCUT2D eigenvalue weighted by Gasteiger charge is -2.44. The third-order valence-electron chi connectivity index (χ3n) is 29.5. The molecule has 0 spiro atoms. The molecule has 127 heavy (non-hydrogen) atoms. The first kappa shape index (κ1) is 114. The van der Waals surface area contributed by atoms with Crippen LogP contribution in [-0.2, 0) is 52.5 Å². The molecule has 0 saturated heterocycles. The van der Waals surface area contributed by atoms with E-state index >= 15 is 0 Å². The summed E-state index contributed by atoms with van der Waals surface area (Å²) in [4.78, 5) is 77.8. The third kappa shape index (κ3) is 50.2. The fraction of sp³-hybridized carbons (Fsp3) is 0.839. The number of unbranched alkanes of at least 4 members (excludes halogenated alkanes) is 16. The average molecular weight is 1780 g/mol. The third-order valence-corrected chi connectivity index (χ3v) is 29.5. The van der Waals surface area contributed by atoms with Gasteiger partial charge in [-0.15, -0.1) is 0 Å². The average Bonchev–Trinajstić information content (AvgIpc) is 1.62. The molecule has 0 aromatic rings. The minimum Gasteiger partial charge on any atom is -0.481 e. The number of carbonyl (C=O) groups excluding carboxylic acids is 5. The first-order valence-corrected chi connectivity index (χ1v) is 53.0. The second kappa shape index (κ2) is 66.5. The lowest BCUT2D eigenvalue weighted by molar-refractivity contribution is -0.150. The van der Waals surface area contributed by atoms with E-state index in [0.29, 0.717) is 88.9 Å². The van der Waals surface area contributed by atoms with Crippen LogP contribution >= 0.6 is 0 Å². The molecule has 6 aliphatic carbocycles. The number of ether oxygens (including phenoxy) is 5. The minimum absolute atomic E-state index is 0.0300. The van der Waals surface area contributed by atoms with Crippen LogP contribution in [0.3, 0.4) is 0 Å². The zero-order valence-corrected chi connectivity index (χ0v) is 84.9. The van der Waals surface area contributed by atoms with Gasteiger partial charge in [0.05, 0.1) is 71.1 Å². The van der Waals surface area contributed by atoms with Crippen LogP contribution in [0.4, 0.5) is 0 Å². The highest BCUT2D eigenvalue weighted by Gasteiger charge is 2.52. The van der Waals surface area contributed by atoms with Gasteiger partial charge in [0.15, 0.2) is 0 Å². The Kier molecular flexibility index (Phi) is 59.9. The molecule has 15 nitrogen and oxygen atoms in total. The van der Waals surface area contributed by atoms with E-state index in [1.807, 2.05) is 9.80 Å². The van der Waals surface area contributed by atoms with Crippen LogP contribution < -0.4 is 0 Å². The van der Waals surface area contributed by atoms with Crippen LogP contribution in [0.5, 0.6) is 0 Å². The maximum atomic E-state index is 13.3. The van der Waals surface area contributed by atoms with E-state index in [9.17, 15) is 33.9 Å². The van der Waals surface area contributed by atoms with E-state index in [4.69, 9.17) is 28.8 Å². The van der Waals surface area contributed by atoms with Crippen molar-refractivity contribution >= 4 is 35.8 Å². The molecule has 6 saturated carbocycles. The molecule has 0 amide bonds. The Bertz CT molecular complexity index is 3110. The van der Waals surface area contributed by atoms with Gasteiger partial charge in [-0.25, -0.2) is 0 Å². The van der Waals surface area contributed by atoms with E-state index in [1.54, 1.807) is 11.1 Å². The number of aliphatic carboxylic acids is 1. The molecule has 0 aromatic heterocycles. The number of nitrogens with zero attached hydrogens (tertiary/aromatic N) is 2. The first-order chi connectivity index (χ1) is 60.7. The molecule has 6 rings (SSSR count). The second-order valence-electron chi connectivity index (χ2n) is 43.4. The summed E-state index contributed by atoms with van der Waals surface area (Å²) < 4.78 is 27.9. The number of aliphatic hydroxyl groups is 1. The van der Waals surface area contributed by atoms with Gasteiger partial charge in [0.2, 0.25) is 0 Å². The van der Waals surface area contributed by atoms with E-state index in [-0.39, 0.29) is 80.6 Å². The fourth-order valence-electron chi connectivity index (χ4n) is 21.6. The molecule has 2 unspecified atom stereocenters. The van der Waals surface area contributed by atoms with Crippen LogP contribution in [0, 0.1) is 81.8 Å². The number of carboxylic acids is 1. The van der Waals surface area contributed by atoms with Gasteiger partial charge in [-0.1, -0.05) is 337 Å². The van der Waals surface area contributed by atoms with E-state index in [2.05, 4.69) is 148 Å². The van der Waals surface area contributed by atoms with Crippen LogP contribution in [0.25, 0.3) is 0 Å². The number of aliphatic hydroxyl groups excluding tert-OH is 1. The second-order valence-corrected chi connectivity index (χ2v) is 43.4. The summed E-state index contributed by atoms with van der Waals surface area (Å²) in [7, 11) is 0. The summed E-state index contributed by atoms with van der Waals surface area (Å²) in [5.41, 5.74) is 9.11. The number of hydrogen-bond donors (Lipinski definition) is 2. The Hall–Kier alpha value is -4.86. The van der Waals surface area contributed by atoms with Crippen molar-refractivity contribution in [2.75, 3.05) is 65.7 Å². The monoisotopic (exact) mass is 1780 g/mol. The maximum absolute atomic E-state index is 13.3. The molecule has 6 fully saturated rings. The Labute approximate surface area is 779 Å². The molecule has 2 N–H and O–H groups in total. The van der Waals surface area contributed by atoms with Gasteiger partial charge in [-0.05, 0) is 215 Å². The fourth-order valence-corrected chi connectivity index (χ4v) is 21.6. The molecule has 0 bridgehead atoms. The molecule has 15 heteroatoms. The van der Waals surface area contributed by atoms with Crippen molar-refractivity contribution in [1.82, 2.24) is 9.80 Å². The Balaban J connectivity index is 0.000000443. The van der Waals surface area contributed by atoms with E-state index in [1.165, 1.54) is 222 Å². The zero-order valence-electron chi connectivity index (χ0n) is 84.9. The normalized spacial score (nSPS) is 23.1. The highest BCUT2D eigenvalue weighted by Crippen LogP contribution is 2.61. The summed E-state index contributed by atoms with van der Waals surface area (Å²) in [6, 6.07) is 0. The van der Waals surface area contributed by atoms with Crippen LogP contribution in [0.15, 0.2) is 70.9 Å². The highest BCUT2D eigenvalue weighted by molar-refractivity contribution is 5.72. The molecule has 0 aromatic carbocycles. The van der Waals surface area contributed by atoms with E-state index in [0.717, 1.165) is 154 Å². The van der Waals surface area contributed by atoms with Crippen LogP contribution in [0.2, 0.25) is 0 Å². The van der Waals surface area contributed by atoms with Gasteiger partial charge in [0.1, 0.15) is 6.10 Å². The van der Waals surface area contributed by atoms with Crippen molar-refractivity contribution in [2.45, 2.75) is 457 Å². The van der Waals surface area contributed by atoms with Gasteiger partial charge in [-0.2, -0.15) is 0 Å². The van der Waals surface area contributed by atoms with Gasteiger partial charge in [0.25, 0.3) is 0 Å². The summed E-state index contributed by atoms with van der Waals surface area (Å²) >= 11 is 0. The largest absolute Gasteiger partial charge is 0.481 e. The lowest BCUT2D eigenvalue weighted by atomic mass is 9.60. The van der Waals surface area contributed by atoms with E-state index < -0.39 is 5.97 Å². The highest BCUT2D eigenvalue weighted by atomic mass is 16.6. The minimum atomic E-state index is -0.896. The van der Waals surface area contributed by atoms with Gasteiger partial charge in [-0.3, -0.25) is 28.8 Å². The molecule has 0 radical (unpaired) electrons. The van der Waals surface area contributed by atoms with Gasteiger partial charge >= 0.3 is 35.8 Å². The predicted octanol–water partition coefficient (Wildman–Crippen LogP) is 29.0. The number of carbonyl (C=O) groups is 6. The van der Waals surface area contributed by atoms with Crippen LogP contribution in [0.1, 0.15) is 445 Å². The molecular formula is C112H196N2O13. The Morgan fingerprint density at radius 2 is 0.661 bits per heavy atom. The zero-order chi connectivity index (χ0) is 93.4. The number of hydrogen-bond acceptors (Lipinski definition) is 14. The smallest absolute Gasteiger partial charge is 0.307 e. The molecule has 6 aliphatic rings. The molecule has 732 valence electrons. The number of allylic oxidation sites excluding steroid dienone is 8. The summed E-state index contributed by atoms with van der Waals surface area (Å²) in [5.74, 6) is 7.30. The summed E-state index contributed by atoms with van der Waals surface area (Å²) in [6.45, 7) is 50.4. The number of esters is 5. The predicted molar refractivity (Wildman–Crippen MR) is 528 cm³/mol. The van der Waals surface area contributed by atoms with Crippen molar-refractivity contribution in [3.8, 4) is 0 Å². The molecule has 10 atom stereocenters. The van der Waals surface area contributed by atoms with Crippen LogP contribution in [-0.4, -0.2) is 134 Å². The first-order valence-electron chi connectivity index (χ1n) is 53.0. The Morgan fingerprint density at radius 1 is 0.362 bits per heavy atom. The number of fused-ring (bicyclic) bond motifs is 2. The van der Waals surface area contributed by atoms with Gasteiger partial charge < -0.3 is 43.7 Å². The van der Waals surface area contributed by atoms with Gasteiger partial charge in [0, 0.05) is 45.7 Å². The quantitative estimate of drug-likeness (QED) is 0.0331. The standard InChI is InChI=1S/C56H97NO6.C29H55NO6.C27H44O/c1-43(2)22-16-12-10-14-18-40-61-53(58)33-37-57(38-34-54(59)62-41-19-15-11-13-17-23-44(3)4)39-35-55(60)63-50-30-27-46(7)49(42-50)29-28-48-26-21-36-56(9)51(31-32-52(48)56)47(8)25-20-24-45(5)6;1-25(2)15-11-7-5-9-13-23-35-28(33)18-21-30(20-17-27(31)32)22-19-29(34)36-24-14-10-6-8-12-16-26(3)4;1-19(2)8-6-9-21(4)25-15-16-26-22(10-7-17-27(25,26)5)12-13-23-18-24(28)14-11-20(23)3/h28-29,43-45,47,50-52H,7,10-27,30-42H2,1-6,8-9H3;25-26H,5-24H2,1-4H3,(H,31,32);12-13,19,21,24-26,28H,3,6-11,14-18H2,1-2,4-5H3/b48-28+,49-29+;;22-12+,23-13+/t47-,50+,51-,52?,56-;;21-,24+,25-,26?,27-/m1.1/s1. The summed E-state index contributed by atoms with van der Waals surface area (Å²) in [6.07, 6.45) is 64.1. The van der Waals surface area contributed by atoms with Crippen molar-refractivity contribution in [1.29, 1.82) is 0 Å². The summed E-state index contributed by atoms with van der Waals surface area (Å²) in [5, 5.41) is 19.0. The topological polar surface area (TPSA) is 196 Å². The molecular weight excluding hydrogens is 1580 g/mol. The molecule has 0 aliphatic heterocycles. The Morgan fingerprint density at radius 3 is 1.00 bits per heavy atom. The SMILES string of the molecule is C=C1CC[C@H](O)C/C1=C\C=C1/CCC[C@@]2(C)C1CC[C@@H]2[C@H](C)CCCC(C)C.C=C1CC[C@H](OC(=O)CCN(CCC(=O)OCCCCCCCC(C)C)CCC(=O)OCCCCCCCC(C)C)C/C1=C\C=C1/CCC[C@@]2(C)C1CC[C@@H]2[C@H](C)CCCC(C)C.CC(C)CCCCCCCOC(=O)CCN(CCC(=O)O)CCC(=O)OCCCCCCCC(C)C. The van der Waals surface area contributed by atoms with Crippen molar-refractivity contribution in [2.24, 2.45) is 81.8 Å². The van der Waals surface area contributed by atoms with Crippen molar-refractivity contribution < 1.29 is 62.7 Å². The number of rotatable bonds is 63. The molecule has 0 heterocycles. The lowest BCUT2D eigenvalue weighted by Crippen LogP contribution is -2.36. The van der Waals surface area contributed by atoms with Crippen molar-refractivity contribution in [3.05, 3.63) is 70.9 Å². The van der Waals surface area contributed by atoms with Crippen molar-refractivity contribution in [3.63, 3.8) is 0 Å². The number of carboxylic acid groups (broad SMARTS) is 1. The maximum Gasteiger partial charge on any atom is 0.307 e.